The van der Waals surface area contributed by atoms with Gasteiger partial charge < -0.3 is 15.5 Å². The first kappa shape index (κ1) is 20.1. The number of fused-ring (bicyclic) bond motifs is 1. The Balaban J connectivity index is 1.31. The molecule has 2 aliphatic heterocycles. The van der Waals surface area contributed by atoms with Crippen molar-refractivity contribution in [1.82, 2.24) is 15.1 Å². The van der Waals surface area contributed by atoms with Crippen LogP contribution in [0.5, 0.6) is 0 Å². The number of carbonyl (C=O) groups is 2. The third kappa shape index (κ3) is 4.25. The molecule has 1 aliphatic carbocycles. The van der Waals surface area contributed by atoms with E-state index in [4.69, 9.17) is 0 Å². The van der Waals surface area contributed by atoms with Crippen molar-refractivity contribution < 1.29 is 14.0 Å². The number of carbonyl (C=O) groups excluding carboxylic acids is 2. The highest BCUT2D eigenvalue weighted by Crippen LogP contribution is 2.32. The van der Waals surface area contributed by atoms with E-state index in [0.717, 1.165) is 63.1 Å². The van der Waals surface area contributed by atoms with Crippen LogP contribution >= 0.6 is 0 Å². The van der Waals surface area contributed by atoms with Gasteiger partial charge >= 0.3 is 0 Å². The molecule has 0 radical (unpaired) electrons. The lowest BCUT2D eigenvalue weighted by molar-refractivity contribution is -0.131. The van der Waals surface area contributed by atoms with Crippen LogP contribution in [0.3, 0.4) is 0 Å². The van der Waals surface area contributed by atoms with Gasteiger partial charge in [-0.1, -0.05) is 6.07 Å². The Morgan fingerprint density at radius 3 is 2.62 bits per heavy atom. The van der Waals surface area contributed by atoms with Crippen LogP contribution in [0, 0.1) is 12.7 Å². The number of amides is 2. The first-order valence-corrected chi connectivity index (χ1v) is 10.8. The lowest BCUT2D eigenvalue weighted by Crippen LogP contribution is -2.54. The van der Waals surface area contributed by atoms with Crippen LogP contribution in [0.15, 0.2) is 12.1 Å². The summed E-state index contributed by atoms with van der Waals surface area (Å²) in [5.74, 6) is -0.127. The molecule has 2 amide bonds. The molecule has 2 fully saturated rings. The van der Waals surface area contributed by atoms with Gasteiger partial charge in [0, 0.05) is 62.9 Å². The summed E-state index contributed by atoms with van der Waals surface area (Å²) in [5, 5.41) is 6.44. The minimum atomic E-state index is -0.403. The van der Waals surface area contributed by atoms with Gasteiger partial charge in [-0.2, -0.15) is 0 Å². The van der Waals surface area contributed by atoms with Crippen LogP contribution in [0.2, 0.25) is 0 Å². The Labute approximate surface area is 171 Å². The van der Waals surface area contributed by atoms with Gasteiger partial charge in [0.2, 0.25) is 11.8 Å². The van der Waals surface area contributed by atoms with Crippen LogP contribution in [-0.2, 0) is 16.0 Å². The summed E-state index contributed by atoms with van der Waals surface area (Å²) in [6.45, 7) is 6.95. The van der Waals surface area contributed by atoms with Gasteiger partial charge in [-0.25, -0.2) is 4.39 Å². The lowest BCUT2D eigenvalue weighted by Gasteiger charge is -2.42. The number of anilines is 1. The fourth-order valence-corrected chi connectivity index (χ4v) is 5.06. The summed E-state index contributed by atoms with van der Waals surface area (Å²) in [5.41, 5.74) is 2.36. The maximum Gasteiger partial charge on any atom is 0.243 e. The Hall–Kier alpha value is -2.15. The second kappa shape index (κ2) is 8.30. The SMILES string of the molecule is CC(=O)N1CCN([C@H]2CCC[C@@H](NC(=O)C3Cc4c(F)ccc(C)c4N3)C2)CC1. The number of aryl methyl sites for hydroxylation is 1. The Morgan fingerprint density at radius 1 is 1.17 bits per heavy atom. The van der Waals surface area contributed by atoms with E-state index >= 15 is 0 Å². The van der Waals surface area contributed by atoms with Crippen molar-refractivity contribution in [2.75, 3.05) is 31.5 Å². The Kier molecular flexibility index (Phi) is 5.76. The standard InChI is InChI=1S/C22H31FN4O2/c1-14-6-7-19(23)18-13-20(25-21(14)18)22(29)24-16-4-3-5-17(12-16)27-10-8-26(9-11-27)15(2)28/h6-7,16-17,20,25H,3-5,8-13H2,1-2H3,(H,24,29)/t16-,17+,20?/m1/s1. The molecule has 7 heteroatoms. The predicted molar refractivity (Wildman–Crippen MR) is 110 cm³/mol. The summed E-state index contributed by atoms with van der Waals surface area (Å²) >= 11 is 0. The van der Waals surface area contributed by atoms with Gasteiger partial charge in [0.25, 0.3) is 0 Å². The van der Waals surface area contributed by atoms with Crippen LogP contribution in [0.1, 0.15) is 43.7 Å². The van der Waals surface area contributed by atoms with Crippen molar-refractivity contribution in [3.05, 3.63) is 29.1 Å². The molecule has 1 saturated carbocycles. The quantitative estimate of drug-likeness (QED) is 0.812. The summed E-state index contributed by atoms with van der Waals surface area (Å²) in [4.78, 5) is 28.8. The summed E-state index contributed by atoms with van der Waals surface area (Å²) in [7, 11) is 0. The monoisotopic (exact) mass is 402 g/mol. The van der Waals surface area contributed by atoms with Crippen LogP contribution in [-0.4, -0.2) is 65.9 Å². The number of halogens is 1. The molecule has 3 aliphatic rings. The molecule has 0 aromatic heterocycles. The molecule has 158 valence electrons. The molecular weight excluding hydrogens is 371 g/mol. The number of nitrogens with zero attached hydrogens (tertiary/aromatic N) is 2. The third-order valence-corrected chi connectivity index (χ3v) is 6.78. The molecule has 1 saturated heterocycles. The summed E-state index contributed by atoms with van der Waals surface area (Å²) in [6.07, 6.45) is 4.57. The zero-order chi connectivity index (χ0) is 20.5. The van der Waals surface area contributed by atoms with Gasteiger partial charge in [0.05, 0.1) is 0 Å². The molecule has 1 aromatic carbocycles. The normalized spacial score (nSPS) is 27.3. The highest BCUT2D eigenvalue weighted by atomic mass is 19.1. The van der Waals surface area contributed by atoms with Gasteiger partial charge in [0.15, 0.2) is 0 Å². The van der Waals surface area contributed by atoms with E-state index in [1.165, 1.54) is 6.07 Å². The molecular formula is C22H31FN4O2. The van der Waals surface area contributed by atoms with Crippen molar-refractivity contribution in [1.29, 1.82) is 0 Å². The number of hydrogen-bond donors (Lipinski definition) is 2. The number of nitrogens with one attached hydrogen (secondary N) is 2. The minimum Gasteiger partial charge on any atom is -0.373 e. The maximum atomic E-state index is 14.1. The van der Waals surface area contributed by atoms with Gasteiger partial charge in [-0.3, -0.25) is 14.5 Å². The second-order valence-electron chi connectivity index (χ2n) is 8.69. The Morgan fingerprint density at radius 2 is 1.93 bits per heavy atom. The molecule has 6 nitrogen and oxygen atoms in total. The first-order valence-electron chi connectivity index (χ1n) is 10.8. The molecule has 1 unspecified atom stereocenters. The van der Waals surface area contributed by atoms with E-state index in [9.17, 15) is 14.0 Å². The third-order valence-electron chi connectivity index (χ3n) is 6.78. The molecule has 2 N–H and O–H groups in total. The number of piperazine rings is 1. The minimum absolute atomic E-state index is 0.0351. The van der Waals surface area contributed by atoms with Crippen molar-refractivity contribution in [2.45, 2.75) is 64.1 Å². The molecule has 3 atom stereocenters. The van der Waals surface area contributed by atoms with E-state index in [1.807, 2.05) is 11.8 Å². The smallest absolute Gasteiger partial charge is 0.243 e. The average Bonchev–Trinajstić information content (AvgIpc) is 3.18. The average molecular weight is 403 g/mol. The van der Waals surface area contributed by atoms with E-state index in [0.29, 0.717) is 18.0 Å². The fourth-order valence-electron chi connectivity index (χ4n) is 5.06. The maximum absolute atomic E-state index is 14.1. The van der Waals surface area contributed by atoms with Crippen LogP contribution in [0.4, 0.5) is 10.1 Å². The first-order chi connectivity index (χ1) is 13.9. The molecule has 0 bridgehead atoms. The molecule has 2 heterocycles. The highest BCUT2D eigenvalue weighted by molar-refractivity contribution is 5.88. The van der Waals surface area contributed by atoms with E-state index in [2.05, 4.69) is 15.5 Å². The van der Waals surface area contributed by atoms with E-state index < -0.39 is 6.04 Å². The topological polar surface area (TPSA) is 64.7 Å². The van der Waals surface area contributed by atoms with Gasteiger partial charge in [-0.05, 0) is 44.2 Å². The van der Waals surface area contributed by atoms with Gasteiger partial charge in [-0.15, -0.1) is 0 Å². The zero-order valence-corrected chi connectivity index (χ0v) is 17.3. The van der Waals surface area contributed by atoms with Crippen molar-refractivity contribution >= 4 is 17.5 Å². The largest absolute Gasteiger partial charge is 0.373 e. The summed E-state index contributed by atoms with van der Waals surface area (Å²) < 4.78 is 14.1. The second-order valence-corrected chi connectivity index (χ2v) is 8.69. The zero-order valence-electron chi connectivity index (χ0n) is 17.3. The molecule has 4 rings (SSSR count). The summed E-state index contributed by atoms with van der Waals surface area (Å²) in [6, 6.07) is 3.44. The molecule has 0 spiro atoms. The number of benzene rings is 1. The van der Waals surface area contributed by atoms with Crippen molar-refractivity contribution in [2.24, 2.45) is 0 Å². The number of hydrogen-bond acceptors (Lipinski definition) is 4. The van der Waals surface area contributed by atoms with Crippen molar-refractivity contribution in [3.63, 3.8) is 0 Å². The van der Waals surface area contributed by atoms with Crippen LogP contribution in [0.25, 0.3) is 0 Å². The highest BCUT2D eigenvalue weighted by Gasteiger charge is 2.34. The van der Waals surface area contributed by atoms with E-state index in [1.54, 1.807) is 13.0 Å². The molecule has 29 heavy (non-hydrogen) atoms. The number of rotatable bonds is 3. The van der Waals surface area contributed by atoms with E-state index in [-0.39, 0.29) is 23.7 Å². The van der Waals surface area contributed by atoms with Crippen molar-refractivity contribution in [3.8, 4) is 0 Å². The Bertz CT molecular complexity index is 760. The van der Waals surface area contributed by atoms with Crippen LogP contribution < -0.4 is 10.6 Å². The molecule has 1 aromatic rings. The fraction of sp³-hybridized carbons (Fsp3) is 0.636. The van der Waals surface area contributed by atoms with Gasteiger partial charge in [0.1, 0.15) is 11.9 Å². The lowest BCUT2D eigenvalue weighted by atomic mass is 9.89. The predicted octanol–water partition coefficient (Wildman–Crippen LogP) is 2.06.